The largest absolute Gasteiger partial charge is 0.508 e. The lowest BCUT2D eigenvalue weighted by atomic mass is 9.93. The molecule has 3 aliphatic rings. The minimum atomic E-state index is -4.91. The maximum Gasteiger partial charge on any atom is 0.486 e. The molecule has 5 heterocycles. The first-order valence-corrected chi connectivity index (χ1v) is 15.1. The Hall–Kier alpha value is -4.44. The van der Waals surface area contributed by atoms with Crippen LogP contribution in [0.4, 0.5) is 27.8 Å². The first-order valence-electron chi connectivity index (χ1n) is 15.1. The fourth-order valence-electron chi connectivity index (χ4n) is 7.23. The Balaban J connectivity index is 1.48. The highest BCUT2D eigenvalue weighted by Crippen LogP contribution is 2.46. The summed E-state index contributed by atoms with van der Waals surface area (Å²) in [4.78, 5) is 15.0. The third-order valence-corrected chi connectivity index (χ3v) is 9.37. The first-order chi connectivity index (χ1) is 21.9. The molecule has 0 radical (unpaired) electrons. The number of anilines is 1. The molecule has 2 aromatic carbocycles. The summed E-state index contributed by atoms with van der Waals surface area (Å²) < 4.78 is 87.1. The van der Waals surface area contributed by atoms with Gasteiger partial charge in [0.05, 0.1) is 12.1 Å². The van der Waals surface area contributed by atoms with Crippen LogP contribution in [0.3, 0.4) is 0 Å². The highest BCUT2D eigenvalue weighted by Gasteiger charge is 2.50. The zero-order chi connectivity index (χ0) is 32.5. The van der Waals surface area contributed by atoms with Crippen molar-refractivity contribution in [2.45, 2.75) is 63.6 Å². The highest BCUT2D eigenvalue weighted by molar-refractivity contribution is 6.04. The number of pyridine rings is 1. The van der Waals surface area contributed by atoms with Crippen molar-refractivity contribution in [3.8, 4) is 41.2 Å². The average molecular weight is 640 g/mol. The molecule has 1 unspecified atom stereocenters. The van der Waals surface area contributed by atoms with E-state index in [2.05, 4.69) is 20.9 Å². The lowest BCUT2D eigenvalue weighted by Crippen LogP contribution is -2.46. The molecule has 0 saturated carbocycles. The molecule has 1 N–H and O–H groups in total. The molecule has 0 amide bonds. The fraction of sp³-hybridized carbons (Fsp3) is 0.424. The molecule has 7 rings (SSSR count). The summed E-state index contributed by atoms with van der Waals surface area (Å²) in [7, 11) is 0. The van der Waals surface area contributed by atoms with Gasteiger partial charge in [0.2, 0.25) is 5.88 Å². The van der Waals surface area contributed by atoms with Gasteiger partial charge in [-0.05, 0) is 56.3 Å². The van der Waals surface area contributed by atoms with Crippen LogP contribution in [0.15, 0.2) is 24.3 Å². The van der Waals surface area contributed by atoms with E-state index in [9.17, 15) is 22.7 Å². The molecule has 2 saturated heterocycles. The molecule has 240 valence electrons. The van der Waals surface area contributed by atoms with Gasteiger partial charge in [-0.25, -0.2) is 13.8 Å². The predicted octanol–water partition coefficient (Wildman–Crippen LogP) is 6.43. The van der Waals surface area contributed by atoms with Crippen molar-refractivity contribution in [1.82, 2.24) is 19.9 Å². The van der Waals surface area contributed by atoms with E-state index in [1.807, 2.05) is 4.90 Å². The van der Waals surface area contributed by atoms with Crippen molar-refractivity contribution in [2.75, 3.05) is 31.2 Å². The summed E-state index contributed by atoms with van der Waals surface area (Å²) >= 11 is 0. The molecule has 3 aliphatic heterocycles. The standard InChI is InChI=1S/C33H30F5N5O3/c1-4-22-17(2)6-7-19-12-21(44)13-23(24(19)22)27-26(35)28-25-29(43(33(36,37)38)18(3)8-11-45-30(25)39-27)41-31(40-28)46-16-32-9-5-10-42(32)15-20(34)14-32/h1,6-7,12-13,18,20,44H,5,8-11,14-16H2,2-3H3/t18?,20-,32+/m1/s1. The van der Waals surface area contributed by atoms with Crippen LogP contribution in [0.25, 0.3) is 32.9 Å². The number of aryl methyl sites for hydroxylation is 1. The smallest absolute Gasteiger partial charge is 0.486 e. The number of fused-ring (bicyclic) bond motifs is 2. The van der Waals surface area contributed by atoms with Gasteiger partial charge in [-0.2, -0.15) is 23.1 Å². The number of terminal acetylenes is 1. The SMILES string of the molecule is C#Cc1c(C)ccc2cc(O)cc(-c3nc4c5c(nc(OC[C@@]67CCCN6C[C@H](F)C7)nc5c3F)N(C(F)(F)F)C(C)CCO4)c12. The summed E-state index contributed by atoms with van der Waals surface area (Å²) in [6.45, 7) is 3.84. The molecule has 46 heavy (non-hydrogen) atoms. The van der Waals surface area contributed by atoms with E-state index >= 15 is 4.39 Å². The number of nitrogens with zero attached hydrogens (tertiary/aromatic N) is 5. The van der Waals surface area contributed by atoms with Crippen molar-refractivity contribution < 1.29 is 36.5 Å². The quantitative estimate of drug-likeness (QED) is 0.155. The number of phenols is 1. The second-order valence-electron chi connectivity index (χ2n) is 12.3. The molecule has 4 aromatic rings. The number of alkyl halides is 4. The topological polar surface area (TPSA) is 83.8 Å². The van der Waals surface area contributed by atoms with Crippen LogP contribution in [-0.2, 0) is 0 Å². The number of aromatic nitrogens is 3. The fourth-order valence-corrected chi connectivity index (χ4v) is 7.23. The summed E-state index contributed by atoms with van der Waals surface area (Å²) in [5, 5.41) is 11.1. The third kappa shape index (κ3) is 4.81. The van der Waals surface area contributed by atoms with Gasteiger partial charge in [0.15, 0.2) is 11.6 Å². The molecule has 13 heteroatoms. The van der Waals surface area contributed by atoms with E-state index in [1.54, 1.807) is 19.1 Å². The van der Waals surface area contributed by atoms with Crippen molar-refractivity contribution in [1.29, 1.82) is 0 Å². The zero-order valence-corrected chi connectivity index (χ0v) is 25.1. The highest BCUT2D eigenvalue weighted by atomic mass is 19.4. The Bertz CT molecular complexity index is 1930. The van der Waals surface area contributed by atoms with Crippen LogP contribution in [0.5, 0.6) is 17.6 Å². The summed E-state index contributed by atoms with van der Waals surface area (Å²) in [6, 6.07) is 4.62. The van der Waals surface area contributed by atoms with Crippen LogP contribution in [0.2, 0.25) is 0 Å². The van der Waals surface area contributed by atoms with Crippen molar-refractivity contribution >= 4 is 27.5 Å². The zero-order valence-electron chi connectivity index (χ0n) is 25.1. The normalized spacial score (nSPS) is 23.2. The molecular weight excluding hydrogens is 609 g/mol. The van der Waals surface area contributed by atoms with Gasteiger partial charge in [0, 0.05) is 41.9 Å². The molecule has 0 aliphatic carbocycles. The maximum atomic E-state index is 16.9. The van der Waals surface area contributed by atoms with E-state index in [0.717, 1.165) is 6.42 Å². The number of ether oxygens (including phenoxy) is 2. The van der Waals surface area contributed by atoms with Crippen LogP contribution < -0.4 is 14.4 Å². The Morgan fingerprint density at radius 3 is 2.76 bits per heavy atom. The maximum absolute atomic E-state index is 16.9. The monoisotopic (exact) mass is 639 g/mol. The number of phenolic OH excluding ortho intramolecular Hbond substituents is 1. The Kier molecular flexibility index (Phi) is 7.12. The van der Waals surface area contributed by atoms with Crippen LogP contribution in [0, 0.1) is 25.1 Å². The van der Waals surface area contributed by atoms with Gasteiger partial charge in [0.1, 0.15) is 35.1 Å². The molecule has 3 atom stereocenters. The molecular formula is C33H30F5N5O3. The Labute approximate surface area is 261 Å². The van der Waals surface area contributed by atoms with Crippen molar-refractivity contribution in [3.63, 3.8) is 0 Å². The molecule has 8 nitrogen and oxygen atoms in total. The van der Waals surface area contributed by atoms with Gasteiger partial charge in [-0.3, -0.25) is 9.80 Å². The lowest BCUT2D eigenvalue weighted by molar-refractivity contribution is -0.135. The van der Waals surface area contributed by atoms with Gasteiger partial charge in [-0.15, -0.1) is 6.42 Å². The molecule has 0 spiro atoms. The summed E-state index contributed by atoms with van der Waals surface area (Å²) in [5.74, 6) is 0.372. The number of halogens is 5. The number of hydrogen-bond donors (Lipinski definition) is 1. The van der Waals surface area contributed by atoms with Crippen molar-refractivity contribution in [3.05, 3.63) is 41.2 Å². The van der Waals surface area contributed by atoms with Crippen LogP contribution in [-0.4, -0.2) is 75.3 Å². The number of rotatable bonds is 4. The number of aromatic hydroxyl groups is 1. The van der Waals surface area contributed by atoms with Gasteiger partial charge >= 0.3 is 12.3 Å². The molecule has 2 aromatic heterocycles. The second-order valence-corrected chi connectivity index (χ2v) is 12.3. The van der Waals surface area contributed by atoms with Gasteiger partial charge in [-0.1, -0.05) is 18.1 Å². The summed E-state index contributed by atoms with van der Waals surface area (Å²) in [6.07, 6.45) is 1.49. The third-order valence-electron chi connectivity index (χ3n) is 9.37. The van der Waals surface area contributed by atoms with E-state index in [1.165, 1.54) is 19.1 Å². The van der Waals surface area contributed by atoms with Crippen molar-refractivity contribution in [2.24, 2.45) is 0 Å². The molecule has 2 fully saturated rings. The van der Waals surface area contributed by atoms with Gasteiger partial charge in [0.25, 0.3) is 0 Å². The van der Waals surface area contributed by atoms with E-state index in [4.69, 9.17) is 15.9 Å². The van der Waals surface area contributed by atoms with E-state index < -0.39 is 47.2 Å². The minimum absolute atomic E-state index is 0.0551. The molecule has 0 bridgehead atoms. The number of hydrogen-bond acceptors (Lipinski definition) is 8. The number of benzene rings is 2. The van der Waals surface area contributed by atoms with Gasteiger partial charge < -0.3 is 14.6 Å². The van der Waals surface area contributed by atoms with Crippen LogP contribution >= 0.6 is 0 Å². The predicted molar refractivity (Wildman–Crippen MR) is 161 cm³/mol. The average Bonchev–Trinajstić information content (AvgIpc) is 3.51. The van der Waals surface area contributed by atoms with E-state index in [-0.39, 0.29) is 65.8 Å². The second kappa shape index (κ2) is 10.8. The lowest BCUT2D eigenvalue weighted by Gasteiger charge is -2.34. The van der Waals surface area contributed by atoms with E-state index in [0.29, 0.717) is 34.9 Å². The first kappa shape index (κ1) is 30.2. The Morgan fingerprint density at radius 2 is 2.00 bits per heavy atom. The summed E-state index contributed by atoms with van der Waals surface area (Å²) in [5.41, 5.74) is -0.232. The Morgan fingerprint density at radius 1 is 1.20 bits per heavy atom. The minimum Gasteiger partial charge on any atom is -0.508 e. The van der Waals surface area contributed by atoms with Crippen LogP contribution in [0.1, 0.15) is 43.7 Å².